The van der Waals surface area contributed by atoms with Gasteiger partial charge >= 0.3 is 0 Å². The van der Waals surface area contributed by atoms with Gasteiger partial charge in [-0.25, -0.2) is 0 Å². The number of hydrogen-bond acceptors (Lipinski definition) is 3. The van der Waals surface area contributed by atoms with Gasteiger partial charge in [0, 0.05) is 11.7 Å². The minimum atomic E-state index is 0.187. The van der Waals surface area contributed by atoms with Crippen LogP contribution < -0.4 is 15.1 Å². The number of benzene rings is 1. The molecule has 1 atom stereocenters. The molecular weight excluding hydrogens is 278 g/mol. The SMILES string of the molecule is C[C@@H](NC(=O)C[NH+]1CCN(c2ccc(O)cc2)CC1)C1CC1. The predicted molar refractivity (Wildman–Crippen MR) is 86.2 cm³/mol. The fraction of sp³-hybridized carbons (Fsp3) is 0.588. The van der Waals surface area contributed by atoms with Crippen molar-refractivity contribution in [3.63, 3.8) is 0 Å². The number of carbonyl (C=O) groups is 1. The predicted octanol–water partition coefficient (Wildman–Crippen LogP) is 0.0118. The van der Waals surface area contributed by atoms with Gasteiger partial charge in [0.05, 0.1) is 26.2 Å². The molecule has 0 unspecified atom stereocenters. The second-order valence-corrected chi connectivity index (χ2v) is 6.62. The number of rotatable bonds is 5. The largest absolute Gasteiger partial charge is 0.508 e. The molecule has 1 heterocycles. The summed E-state index contributed by atoms with van der Waals surface area (Å²) in [6.45, 7) is 6.56. The van der Waals surface area contributed by atoms with E-state index in [9.17, 15) is 9.90 Å². The Hall–Kier alpha value is -1.75. The van der Waals surface area contributed by atoms with Crippen molar-refractivity contribution in [1.29, 1.82) is 0 Å². The quantitative estimate of drug-likeness (QED) is 0.718. The van der Waals surface area contributed by atoms with E-state index in [2.05, 4.69) is 17.1 Å². The molecule has 1 aromatic carbocycles. The van der Waals surface area contributed by atoms with Crippen molar-refractivity contribution >= 4 is 11.6 Å². The van der Waals surface area contributed by atoms with Gasteiger partial charge in [0.15, 0.2) is 6.54 Å². The van der Waals surface area contributed by atoms with Crippen LogP contribution in [0, 0.1) is 5.92 Å². The first-order valence-electron chi connectivity index (χ1n) is 8.29. The van der Waals surface area contributed by atoms with Gasteiger partial charge in [-0.1, -0.05) is 0 Å². The highest BCUT2D eigenvalue weighted by molar-refractivity contribution is 5.77. The second kappa shape index (κ2) is 6.57. The Kier molecular flexibility index (Phi) is 4.52. The average molecular weight is 304 g/mol. The first kappa shape index (κ1) is 15.2. The Morgan fingerprint density at radius 1 is 1.32 bits per heavy atom. The number of carbonyl (C=O) groups excluding carboxylic acids is 1. The summed E-state index contributed by atoms with van der Waals surface area (Å²) in [5.41, 5.74) is 1.14. The summed E-state index contributed by atoms with van der Waals surface area (Å²) in [4.78, 5) is 15.7. The number of quaternary nitrogens is 1. The molecule has 2 aliphatic rings. The molecule has 1 aromatic rings. The maximum atomic E-state index is 12.1. The molecule has 120 valence electrons. The fourth-order valence-electron chi connectivity index (χ4n) is 3.17. The zero-order valence-corrected chi connectivity index (χ0v) is 13.2. The van der Waals surface area contributed by atoms with E-state index in [4.69, 9.17) is 0 Å². The van der Waals surface area contributed by atoms with Crippen molar-refractivity contribution in [2.45, 2.75) is 25.8 Å². The van der Waals surface area contributed by atoms with Crippen LogP contribution >= 0.6 is 0 Å². The molecule has 1 aliphatic carbocycles. The summed E-state index contributed by atoms with van der Waals surface area (Å²) >= 11 is 0. The Balaban J connectivity index is 1.43. The molecule has 1 saturated heterocycles. The fourth-order valence-corrected chi connectivity index (χ4v) is 3.17. The highest BCUT2D eigenvalue weighted by Gasteiger charge is 2.30. The van der Waals surface area contributed by atoms with E-state index >= 15 is 0 Å². The van der Waals surface area contributed by atoms with Crippen molar-refractivity contribution in [3.05, 3.63) is 24.3 Å². The Morgan fingerprint density at radius 2 is 1.95 bits per heavy atom. The zero-order valence-electron chi connectivity index (χ0n) is 13.2. The first-order valence-corrected chi connectivity index (χ1v) is 8.29. The van der Waals surface area contributed by atoms with E-state index in [0.717, 1.165) is 31.9 Å². The Bertz CT molecular complexity index is 505. The molecule has 3 N–H and O–H groups in total. The molecule has 2 fully saturated rings. The monoisotopic (exact) mass is 304 g/mol. The normalized spacial score (nSPS) is 20.7. The molecule has 0 aromatic heterocycles. The molecule has 0 bridgehead atoms. The Labute approximate surface area is 131 Å². The molecule has 1 aliphatic heterocycles. The third kappa shape index (κ3) is 3.91. The number of phenolic OH excluding ortho intramolecular Hbond substituents is 1. The van der Waals surface area contributed by atoms with Crippen molar-refractivity contribution in [2.75, 3.05) is 37.6 Å². The lowest BCUT2D eigenvalue weighted by Crippen LogP contribution is -3.16. The molecule has 22 heavy (non-hydrogen) atoms. The van der Waals surface area contributed by atoms with Crippen molar-refractivity contribution in [2.24, 2.45) is 5.92 Å². The van der Waals surface area contributed by atoms with Crippen LogP contribution in [0.2, 0.25) is 0 Å². The summed E-state index contributed by atoms with van der Waals surface area (Å²) in [6, 6.07) is 7.68. The Morgan fingerprint density at radius 3 is 2.55 bits per heavy atom. The lowest BCUT2D eigenvalue weighted by Gasteiger charge is -2.33. The number of phenols is 1. The van der Waals surface area contributed by atoms with Gasteiger partial charge in [0.25, 0.3) is 5.91 Å². The summed E-state index contributed by atoms with van der Waals surface area (Å²) in [6.07, 6.45) is 2.53. The van der Waals surface area contributed by atoms with Gasteiger partial charge in [0.1, 0.15) is 5.75 Å². The van der Waals surface area contributed by atoms with E-state index in [0.29, 0.717) is 24.3 Å². The summed E-state index contributed by atoms with van der Waals surface area (Å²) in [5.74, 6) is 1.20. The average Bonchev–Trinajstić information content (AvgIpc) is 3.33. The van der Waals surface area contributed by atoms with Crippen LogP contribution in [0.15, 0.2) is 24.3 Å². The maximum absolute atomic E-state index is 12.1. The van der Waals surface area contributed by atoms with Gasteiger partial charge < -0.3 is 20.2 Å². The lowest BCUT2D eigenvalue weighted by molar-refractivity contribution is -0.892. The van der Waals surface area contributed by atoms with E-state index in [1.165, 1.54) is 17.7 Å². The molecule has 1 amide bonds. The van der Waals surface area contributed by atoms with Crippen LogP contribution in [-0.4, -0.2) is 49.8 Å². The topological polar surface area (TPSA) is 57.0 Å². The molecule has 1 saturated carbocycles. The maximum Gasteiger partial charge on any atom is 0.275 e. The van der Waals surface area contributed by atoms with Crippen molar-refractivity contribution in [3.8, 4) is 5.75 Å². The number of piperazine rings is 1. The highest BCUT2D eigenvalue weighted by Crippen LogP contribution is 2.32. The zero-order chi connectivity index (χ0) is 15.5. The third-order valence-electron chi connectivity index (χ3n) is 4.81. The number of amides is 1. The number of nitrogens with one attached hydrogen (secondary N) is 2. The van der Waals surface area contributed by atoms with Crippen LogP contribution in [-0.2, 0) is 4.79 Å². The standard InChI is InChI=1S/C17H25N3O2/c1-13(14-2-3-14)18-17(22)12-19-8-10-20(11-9-19)15-4-6-16(21)7-5-15/h4-7,13-14,21H,2-3,8-12H2,1H3,(H,18,22)/p+1/t13-/m1/s1. The van der Waals surface area contributed by atoms with Gasteiger partial charge in [0.2, 0.25) is 0 Å². The van der Waals surface area contributed by atoms with E-state index in [1.807, 2.05) is 12.1 Å². The van der Waals surface area contributed by atoms with Crippen molar-refractivity contribution < 1.29 is 14.8 Å². The van der Waals surface area contributed by atoms with Crippen LogP contribution in [0.5, 0.6) is 5.75 Å². The van der Waals surface area contributed by atoms with E-state index < -0.39 is 0 Å². The van der Waals surface area contributed by atoms with Crippen LogP contribution in [0.1, 0.15) is 19.8 Å². The summed E-state index contributed by atoms with van der Waals surface area (Å²) < 4.78 is 0. The number of anilines is 1. The molecule has 0 spiro atoms. The van der Waals surface area contributed by atoms with Gasteiger partial charge in [-0.3, -0.25) is 4.79 Å². The third-order valence-corrected chi connectivity index (χ3v) is 4.81. The van der Waals surface area contributed by atoms with Gasteiger partial charge in [-0.05, 0) is 49.9 Å². The molecular formula is C17H26N3O2+. The molecule has 3 rings (SSSR count). The van der Waals surface area contributed by atoms with E-state index in [1.54, 1.807) is 12.1 Å². The van der Waals surface area contributed by atoms with Crippen LogP contribution in [0.4, 0.5) is 5.69 Å². The first-order chi connectivity index (χ1) is 10.6. The number of nitrogens with zero attached hydrogens (tertiary/aromatic N) is 1. The van der Waals surface area contributed by atoms with Crippen LogP contribution in [0.25, 0.3) is 0 Å². The summed E-state index contributed by atoms with van der Waals surface area (Å²) in [5, 5.41) is 12.5. The minimum Gasteiger partial charge on any atom is -0.508 e. The van der Waals surface area contributed by atoms with Crippen molar-refractivity contribution in [1.82, 2.24) is 5.32 Å². The number of hydrogen-bond donors (Lipinski definition) is 3. The second-order valence-electron chi connectivity index (χ2n) is 6.62. The van der Waals surface area contributed by atoms with Crippen LogP contribution in [0.3, 0.4) is 0 Å². The summed E-state index contributed by atoms with van der Waals surface area (Å²) in [7, 11) is 0. The number of aromatic hydroxyl groups is 1. The molecule has 5 nitrogen and oxygen atoms in total. The minimum absolute atomic E-state index is 0.187. The molecule has 5 heteroatoms. The molecule has 0 radical (unpaired) electrons. The lowest BCUT2D eigenvalue weighted by atomic mass is 10.2. The van der Waals surface area contributed by atoms with E-state index in [-0.39, 0.29) is 5.91 Å². The van der Waals surface area contributed by atoms with Gasteiger partial charge in [-0.15, -0.1) is 0 Å². The van der Waals surface area contributed by atoms with Gasteiger partial charge in [-0.2, -0.15) is 0 Å². The smallest absolute Gasteiger partial charge is 0.275 e. The highest BCUT2D eigenvalue weighted by atomic mass is 16.3.